The summed E-state index contributed by atoms with van der Waals surface area (Å²) in [7, 11) is -9.65. The minimum atomic E-state index is -2.30. The van der Waals surface area contributed by atoms with Gasteiger partial charge in [0.25, 0.3) is 0 Å². The van der Waals surface area contributed by atoms with Crippen LogP contribution in [0.25, 0.3) is 0 Å². The van der Waals surface area contributed by atoms with Crippen LogP contribution in [0, 0.1) is 0 Å². The molecule has 0 aliphatic carbocycles. The second kappa shape index (κ2) is 42.5. The summed E-state index contributed by atoms with van der Waals surface area (Å²) in [5, 5.41) is 7.54. The number of hydrogen-bond acceptors (Lipinski definition) is 15. The topological polar surface area (TPSA) is 222 Å². The van der Waals surface area contributed by atoms with Gasteiger partial charge in [-0.15, -0.1) is 0 Å². The summed E-state index contributed by atoms with van der Waals surface area (Å²) in [6, 6.07) is 2.46. The van der Waals surface area contributed by atoms with Gasteiger partial charge in [-0.2, -0.15) is 0 Å². The molecule has 0 saturated heterocycles. The van der Waals surface area contributed by atoms with Gasteiger partial charge in [-0.25, -0.2) is 28.8 Å². The minimum absolute atomic E-state index is 0. The first-order valence-electron chi connectivity index (χ1n) is 20.4. The molecule has 0 aliphatic heterocycles. The lowest BCUT2D eigenvalue weighted by atomic mass is 10.5. The van der Waals surface area contributed by atoms with Crippen LogP contribution in [-0.2, 0) is 55.2 Å². The number of carbonyl (C=O) groups is 6. The third-order valence-corrected chi connectivity index (χ3v) is 24.4. The molecule has 0 radical (unpaired) electrons. The predicted octanol–water partition coefficient (Wildman–Crippen LogP) is 10.5. The quantitative estimate of drug-likeness (QED) is 0.0200. The Morgan fingerprint density at radius 2 is 0.642 bits per heavy atom. The Hall–Kier alpha value is -3.60. The van der Waals surface area contributed by atoms with E-state index in [0.717, 1.165) is 36.4 Å². The van der Waals surface area contributed by atoms with Crippen molar-refractivity contribution in [2.75, 3.05) is 59.3 Å². The largest absolute Gasteiger partial charge is 0.461 e. The lowest BCUT2D eigenvalue weighted by Gasteiger charge is -2.38. The first-order valence-corrected chi connectivity index (χ1v) is 35.9. The van der Waals surface area contributed by atoms with Gasteiger partial charge in [0.05, 0.1) is 39.5 Å². The van der Waals surface area contributed by atoms with Crippen molar-refractivity contribution in [3.63, 3.8) is 0 Å². The smallest absolute Gasteiger partial charge is 0.407 e. The van der Waals surface area contributed by atoms with Gasteiger partial charge in [-0.1, -0.05) is 64.3 Å². The SMILES string of the molecule is C.C.C.C.C.C.C=CC(=O)OCCNC(=O)OCCC[Si](C)(C)O[Si](C)(C)CCCOC(=O)NCCOC(=O)C=C.C=CC(=O)OCCNC(=O)OCCC[Si](C)(O[Si](C)(C)C)O[Si](C)(C)C. The Morgan fingerprint density at radius 1 is 0.388 bits per heavy atom. The van der Waals surface area contributed by atoms with Gasteiger partial charge >= 0.3 is 44.7 Å². The highest BCUT2D eigenvalue weighted by molar-refractivity contribution is 6.87. The number of hydrogen-bond donors (Lipinski definition) is 3. The maximum absolute atomic E-state index is 11.6. The number of amides is 3. The maximum atomic E-state index is 11.6. The molecule has 400 valence electrons. The Balaban J connectivity index is -0.000000164. The fourth-order valence-electron chi connectivity index (χ4n) is 5.40. The predicted molar refractivity (Wildman–Crippen MR) is 287 cm³/mol. The van der Waals surface area contributed by atoms with Gasteiger partial charge in [-0.3, -0.25) is 0 Å². The molecular weight excluding hydrogens is 951 g/mol. The van der Waals surface area contributed by atoms with Crippen LogP contribution < -0.4 is 16.0 Å². The van der Waals surface area contributed by atoms with Crippen molar-refractivity contribution in [1.82, 2.24) is 16.0 Å². The highest BCUT2D eigenvalue weighted by Crippen LogP contribution is 2.26. The third-order valence-electron chi connectivity index (χ3n) is 7.26. The molecule has 0 rings (SSSR count). The van der Waals surface area contributed by atoms with Crippen molar-refractivity contribution >= 4 is 78.0 Å². The zero-order chi connectivity index (χ0) is 47.2. The first-order chi connectivity index (χ1) is 28.2. The molecular formula is C44H99N3O15Si5. The normalized spacial score (nSPS) is 10.6. The van der Waals surface area contributed by atoms with Crippen molar-refractivity contribution in [1.29, 1.82) is 0 Å². The third kappa shape index (κ3) is 53.2. The molecule has 18 nitrogen and oxygen atoms in total. The van der Waals surface area contributed by atoms with E-state index in [0.29, 0.717) is 25.9 Å². The molecule has 0 aromatic heterocycles. The fourth-order valence-corrected chi connectivity index (χ4v) is 26.7. The average molecular weight is 1050 g/mol. The average Bonchev–Trinajstić information content (AvgIpc) is 3.13. The highest BCUT2D eigenvalue weighted by atomic mass is 28.5. The molecule has 3 amide bonds. The summed E-state index contributed by atoms with van der Waals surface area (Å²) in [6.45, 7) is 35.0. The van der Waals surface area contributed by atoms with E-state index in [1.807, 2.05) is 0 Å². The Morgan fingerprint density at radius 3 is 0.881 bits per heavy atom. The summed E-state index contributed by atoms with van der Waals surface area (Å²) in [5.74, 6) is -1.61. The molecule has 3 N–H and O–H groups in total. The molecule has 67 heavy (non-hydrogen) atoms. The summed E-state index contributed by atoms with van der Waals surface area (Å²) in [5.41, 5.74) is 0. The second-order valence-corrected chi connectivity index (χ2v) is 38.5. The Labute approximate surface area is 413 Å². The minimum Gasteiger partial charge on any atom is -0.461 e. The zero-order valence-electron chi connectivity index (χ0n) is 38.6. The molecule has 0 aliphatic rings. The van der Waals surface area contributed by atoms with Crippen molar-refractivity contribution in [3.8, 4) is 0 Å². The van der Waals surface area contributed by atoms with Gasteiger partial charge in [0.1, 0.15) is 19.8 Å². The lowest BCUT2D eigenvalue weighted by molar-refractivity contribution is -0.138. The number of ether oxygens (including phenoxy) is 6. The highest BCUT2D eigenvalue weighted by Gasteiger charge is 2.40. The van der Waals surface area contributed by atoms with Gasteiger partial charge in [0.15, 0.2) is 33.3 Å². The summed E-state index contributed by atoms with van der Waals surface area (Å²) >= 11 is 0. The molecule has 0 bridgehead atoms. The van der Waals surface area contributed by atoms with E-state index in [9.17, 15) is 28.8 Å². The number of alkyl carbamates (subject to hydrolysis) is 3. The van der Waals surface area contributed by atoms with Gasteiger partial charge in [-0.05, 0) is 109 Å². The molecule has 0 aromatic carbocycles. The Kier molecular flexibility index (Phi) is 51.0. The van der Waals surface area contributed by atoms with E-state index in [2.05, 4.69) is 108 Å². The molecule has 0 fully saturated rings. The molecule has 0 saturated carbocycles. The molecule has 0 unspecified atom stereocenters. The monoisotopic (exact) mass is 1050 g/mol. The van der Waals surface area contributed by atoms with E-state index < -0.39 is 78.0 Å². The number of carbonyl (C=O) groups excluding carboxylic acids is 6. The van der Waals surface area contributed by atoms with Crippen molar-refractivity contribution in [2.45, 2.75) is 154 Å². The fraction of sp³-hybridized carbons (Fsp3) is 0.727. The molecule has 0 spiro atoms. The van der Waals surface area contributed by atoms with E-state index >= 15 is 0 Å². The number of rotatable bonds is 30. The summed E-state index contributed by atoms with van der Waals surface area (Å²) < 4.78 is 49.0. The van der Waals surface area contributed by atoms with Crippen molar-refractivity contribution in [3.05, 3.63) is 38.0 Å². The van der Waals surface area contributed by atoms with E-state index in [-0.39, 0.29) is 97.2 Å². The lowest BCUT2D eigenvalue weighted by Crippen LogP contribution is -2.52. The van der Waals surface area contributed by atoms with Gasteiger partial charge in [0, 0.05) is 18.2 Å². The van der Waals surface area contributed by atoms with Gasteiger partial charge in [0.2, 0.25) is 0 Å². The standard InChI is InChI=1S/C22H40N2O9Si2.C16H35NO6Si3.6CH4/c1-7-19(25)29-15-11-23-21(27)31-13-9-17-34(3,4)33-35(5,6)18-10-14-32-22(28)24-12-16-30-20(26)8-2;1-9-15(18)20-13-11-17-16(19)21-12-10-14-26(8,22-24(2,3)4)23-25(5,6)7;;;;;;/h7-8H,1-2,9-18H2,3-6H3,(H,23,27)(H,24,28);9H,1,10-14H2,2-8H3,(H,17,19);6*1H4. The van der Waals surface area contributed by atoms with E-state index in [4.69, 9.17) is 40.8 Å². The molecule has 0 atom stereocenters. The number of nitrogens with one attached hydrogen (secondary N) is 3. The van der Waals surface area contributed by atoms with Crippen LogP contribution in [0.15, 0.2) is 38.0 Å². The van der Waals surface area contributed by atoms with E-state index in [1.165, 1.54) is 0 Å². The number of esters is 3. The second-order valence-electron chi connectivity index (χ2n) is 16.8. The van der Waals surface area contributed by atoms with Crippen molar-refractivity contribution in [2.24, 2.45) is 0 Å². The molecule has 0 heterocycles. The maximum Gasteiger partial charge on any atom is 0.407 e. The van der Waals surface area contributed by atoms with E-state index in [1.54, 1.807) is 0 Å². The van der Waals surface area contributed by atoms with Crippen LogP contribution >= 0.6 is 0 Å². The molecule has 23 heteroatoms. The summed E-state index contributed by atoms with van der Waals surface area (Å²) in [6.07, 6.45) is 3.61. The van der Waals surface area contributed by atoms with Crippen LogP contribution in [0.3, 0.4) is 0 Å². The van der Waals surface area contributed by atoms with Crippen LogP contribution in [0.4, 0.5) is 14.4 Å². The van der Waals surface area contributed by atoms with Gasteiger partial charge < -0.3 is 56.7 Å². The first kappa shape index (κ1) is 80.4. The van der Waals surface area contributed by atoms with Crippen LogP contribution in [-0.4, -0.2) is 137 Å². The Bertz CT molecular complexity index is 1320. The zero-order valence-corrected chi connectivity index (χ0v) is 43.6. The van der Waals surface area contributed by atoms with Crippen molar-refractivity contribution < 1.29 is 69.5 Å². The molecule has 0 aromatic rings. The van der Waals surface area contributed by atoms with Crippen LogP contribution in [0.1, 0.15) is 63.8 Å². The van der Waals surface area contributed by atoms with Crippen LogP contribution in [0.2, 0.25) is 90.1 Å². The summed E-state index contributed by atoms with van der Waals surface area (Å²) in [4.78, 5) is 67.6. The van der Waals surface area contributed by atoms with Crippen LogP contribution in [0.5, 0.6) is 0 Å².